The van der Waals surface area contributed by atoms with Crippen molar-refractivity contribution in [3.05, 3.63) is 22.4 Å². The molecule has 0 bridgehead atoms. The molecule has 0 fully saturated rings. The van der Waals surface area contributed by atoms with Gasteiger partial charge in [0.15, 0.2) is 0 Å². The van der Waals surface area contributed by atoms with E-state index < -0.39 is 0 Å². The van der Waals surface area contributed by atoms with Crippen molar-refractivity contribution >= 4 is 27.7 Å². The number of aryl methyl sites for hydroxylation is 1. The number of carbonyl (C=O) groups excluding carboxylic acids is 2. The van der Waals surface area contributed by atoms with Crippen molar-refractivity contribution < 1.29 is 9.59 Å². The average molecular weight is 316 g/mol. The molecule has 0 atom stereocenters. The fourth-order valence-corrected chi connectivity index (χ4v) is 2.11. The van der Waals surface area contributed by atoms with Gasteiger partial charge < -0.3 is 15.6 Å². The molecule has 0 aliphatic heterocycles. The van der Waals surface area contributed by atoms with E-state index in [1.165, 1.54) is 0 Å². The molecule has 100 valence electrons. The molecule has 0 spiro atoms. The van der Waals surface area contributed by atoms with Crippen molar-refractivity contribution in [2.24, 2.45) is 5.73 Å². The summed E-state index contributed by atoms with van der Waals surface area (Å²) in [6.07, 6.45) is 3.70. The first-order chi connectivity index (χ1) is 8.54. The van der Waals surface area contributed by atoms with Gasteiger partial charge in [-0.2, -0.15) is 0 Å². The maximum Gasteiger partial charge on any atom is 0.267 e. The normalized spacial score (nSPS) is 10.3. The third-order valence-electron chi connectivity index (χ3n) is 2.57. The smallest absolute Gasteiger partial charge is 0.267 e. The van der Waals surface area contributed by atoms with E-state index in [1.807, 2.05) is 17.7 Å². The van der Waals surface area contributed by atoms with E-state index in [4.69, 9.17) is 5.73 Å². The van der Waals surface area contributed by atoms with Gasteiger partial charge in [0.05, 0.1) is 0 Å². The van der Waals surface area contributed by atoms with Crippen LogP contribution in [0, 0.1) is 0 Å². The van der Waals surface area contributed by atoms with Gasteiger partial charge in [-0.3, -0.25) is 9.59 Å². The Bertz CT molecular complexity index is 429. The van der Waals surface area contributed by atoms with Crippen LogP contribution in [-0.4, -0.2) is 22.9 Å². The fourth-order valence-electron chi connectivity index (χ4n) is 1.64. The molecule has 0 aromatic carbocycles. The second-order valence-corrected chi connectivity index (χ2v) is 4.92. The molecule has 0 saturated heterocycles. The molecule has 6 heteroatoms. The largest absolute Gasteiger partial charge is 0.370 e. The summed E-state index contributed by atoms with van der Waals surface area (Å²) in [6.45, 7) is 3.28. The number of unbranched alkanes of at least 4 members (excludes halogenated alkanes) is 1. The average Bonchev–Trinajstić information content (AvgIpc) is 2.69. The van der Waals surface area contributed by atoms with Crippen LogP contribution in [0.5, 0.6) is 0 Å². The number of nitrogens with two attached hydrogens (primary N) is 1. The van der Waals surface area contributed by atoms with Crippen molar-refractivity contribution in [1.82, 2.24) is 9.88 Å². The van der Waals surface area contributed by atoms with E-state index >= 15 is 0 Å². The van der Waals surface area contributed by atoms with Crippen LogP contribution in [0.1, 0.15) is 36.7 Å². The Labute approximate surface area is 115 Å². The Kier molecular flexibility index (Phi) is 5.91. The van der Waals surface area contributed by atoms with E-state index in [1.54, 1.807) is 6.07 Å². The second-order valence-electron chi connectivity index (χ2n) is 4.01. The van der Waals surface area contributed by atoms with Gasteiger partial charge in [-0.05, 0) is 41.8 Å². The molecule has 0 aliphatic carbocycles. The maximum atomic E-state index is 11.9. The molecule has 0 saturated carbocycles. The minimum absolute atomic E-state index is 0.0957. The van der Waals surface area contributed by atoms with Crippen LogP contribution in [0.2, 0.25) is 0 Å². The molecule has 0 unspecified atom stereocenters. The van der Waals surface area contributed by atoms with Gasteiger partial charge in [0.1, 0.15) is 5.69 Å². The highest BCUT2D eigenvalue weighted by molar-refractivity contribution is 9.10. The van der Waals surface area contributed by atoms with E-state index in [2.05, 4.69) is 21.2 Å². The number of hydrogen-bond acceptors (Lipinski definition) is 2. The van der Waals surface area contributed by atoms with Crippen LogP contribution < -0.4 is 11.1 Å². The van der Waals surface area contributed by atoms with Gasteiger partial charge >= 0.3 is 0 Å². The second kappa shape index (κ2) is 7.20. The summed E-state index contributed by atoms with van der Waals surface area (Å²) in [6, 6.07) is 1.79. The third kappa shape index (κ3) is 4.52. The van der Waals surface area contributed by atoms with E-state index in [9.17, 15) is 9.59 Å². The minimum Gasteiger partial charge on any atom is -0.370 e. The Morgan fingerprint density at radius 2 is 2.17 bits per heavy atom. The quantitative estimate of drug-likeness (QED) is 0.751. The molecular formula is C12H18BrN3O2. The van der Waals surface area contributed by atoms with Gasteiger partial charge in [0.25, 0.3) is 5.91 Å². The molecule has 2 amide bonds. The molecule has 3 N–H and O–H groups in total. The predicted molar refractivity (Wildman–Crippen MR) is 73.2 cm³/mol. The number of nitrogens with zero attached hydrogens (tertiary/aromatic N) is 1. The molecule has 5 nitrogen and oxygen atoms in total. The first kappa shape index (κ1) is 14.8. The zero-order valence-electron chi connectivity index (χ0n) is 10.4. The van der Waals surface area contributed by atoms with E-state index in [-0.39, 0.29) is 11.8 Å². The Hall–Kier alpha value is -1.30. The number of amides is 2. The van der Waals surface area contributed by atoms with Crippen molar-refractivity contribution in [3.8, 4) is 0 Å². The van der Waals surface area contributed by atoms with Crippen LogP contribution >= 0.6 is 15.9 Å². The molecule has 1 heterocycles. The van der Waals surface area contributed by atoms with Gasteiger partial charge in [-0.15, -0.1) is 0 Å². The summed E-state index contributed by atoms with van der Waals surface area (Å²) in [7, 11) is 0. The number of halogens is 1. The van der Waals surface area contributed by atoms with E-state index in [0.717, 1.165) is 17.4 Å². The van der Waals surface area contributed by atoms with Gasteiger partial charge in [-0.1, -0.05) is 0 Å². The lowest BCUT2D eigenvalue weighted by molar-refractivity contribution is -0.118. The van der Waals surface area contributed by atoms with Crippen LogP contribution in [0.15, 0.2) is 16.7 Å². The third-order valence-corrected chi connectivity index (χ3v) is 3.01. The van der Waals surface area contributed by atoms with Crippen LogP contribution in [0.25, 0.3) is 0 Å². The standard InChI is InChI=1S/C12H18BrN3O2/c1-2-16-8-9(13)7-10(16)12(18)15-6-4-3-5-11(14)17/h7-8H,2-6H2,1H3,(H2,14,17)(H,15,18). The molecule has 0 aliphatic rings. The van der Waals surface area contributed by atoms with Crippen LogP contribution in [0.4, 0.5) is 0 Å². The molecule has 1 aromatic heterocycles. The number of rotatable bonds is 7. The number of carbonyl (C=O) groups is 2. The lowest BCUT2D eigenvalue weighted by atomic mass is 10.2. The SMILES string of the molecule is CCn1cc(Br)cc1C(=O)NCCCCC(N)=O. The number of hydrogen-bond donors (Lipinski definition) is 2. The Balaban J connectivity index is 2.38. The zero-order chi connectivity index (χ0) is 13.5. The van der Waals surface area contributed by atoms with Crippen molar-refractivity contribution in [3.63, 3.8) is 0 Å². The molecular weight excluding hydrogens is 298 g/mol. The minimum atomic E-state index is -0.301. The van der Waals surface area contributed by atoms with Crippen LogP contribution in [0.3, 0.4) is 0 Å². The van der Waals surface area contributed by atoms with Gasteiger partial charge in [0, 0.05) is 30.2 Å². The topological polar surface area (TPSA) is 77.1 Å². The summed E-state index contributed by atoms with van der Waals surface area (Å²) < 4.78 is 2.77. The van der Waals surface area contributed by atoms with E-state index in [0.29, 0.717) is 25.1 Å². The van der Waals surface area contributed by atoms with Crippen LogP contribution in [-0.2, 0) is 11.3 Å². The fraction of sp³-hybridized carbons (Fsp3) is 0.500. The molecule has 1 rings (SSSR count). The van der Waals surface area contributed by atoms with Gasteiger partial charge in [0.2, 0.25) is 5.91 Å². The van der Waals surface area contributed by atoms with Crippen molar-refractivity contribution in [2.45, 2.75) is 32.7 Å². The molecule has 1 aromatic rings. The summed E-state index contributed by atoms with van der Waals surface area (Å²) in [5, 5.41) is 2.83. The van der Waals surface area contributed by atoms with Crippen molar-refractivity contribution in [1.29, 1.82) is 0 Å². The lowest BCUT2D eigenvalue weighted by Crippen LogP contribution is -2.26. The Morgan fingerprint density at radius 3 is 2.78 bits per heavy atom. The number of nitrogens with one attached hydrogen (secondary N) is 1. The predicted octanol–water partition coefficient (Wildman–Crippen LogP) is 1.66. The maximum absolute atomic E-state index is 11.9. The highest BCUT2D eigenvalue weighted by atomic mass is 79.9. The van der Waals surface area contributed by atoms with Crippen molar-refractivity contribution in [2.75, 3.05) is 6.54 Å². The first-order valence-corrected chi connectivity index (χ1v) is 6.76. The highest BCUT2D eigenvalue weighted by Gasteiger charge is 2.11. The number of aromatic nitrogens is 1. The Morgan fingerprint density at radius 1 is 1.44 bits per heavy atom. The van der Waals surface area contributed by atoms with Gasteiger partial charge in [-0.25, -0.2) is 0 Å². The lowest BCUT2D eigenvalue weighted by Gasteiger charge is -2.07. The summed E-state index contributed by atoms with van der Waals surface area (Å²) >= 11 is 3.35. The summed E-state index contributed by atoms with van der Waals surface area (Å²) in [5.41, 5.74) is 5.67. The first-order valence-electron chi connectivity index (χ1n) is 5.96. The summed E-state index contributed by atoms with van der Waals surface area (Å²) in [5.74, 6) is -0.397. The molecule has 0 radical (unpaired) electrons. The number of primary amides is 1. The summed E-state index contributed by atoms with van der Waals surface area (Å²) in [4.78, 5) is 22.4. The highest BCUT2D eigenvalue weighted by Crippen LogP contribution is 2.14. The zero-order valence-corrected chi connectivity index (χ0v) is 12.0. The monoisotopic (exact) mass is 315 g/mol. The molecule has 18 heavy (non-hydrogen) atoms.